The number of carbonyl (C=O) groups excluding carboxylic acids is 3. The Morgan fingerprint density at radius 3 is 2.71 bits per heavy atom. The van der Waals surface area contributed by atoms with Gasteiger partial charge in [0.2, 0.25) is 11.8 Å². The van der Waals surface area contributed by atoms with Crippen LogP contribution in [0.4, 0.5) is 0 Å². The Kier molecular flexibility index (Phi) is 6.40. The summed E-state index contributed by atoms with van der Waals surface area (Å²) in [4.78, 5) is 43.5. The number of carbonyl (C=O) groups is 3. The van der Waals surface area contributed by atoms with Gasteiger partial charge in [0.05, 0.1) is 31.2 Å². The first-order chi connectivity index (χ1) is 15.0. The Hall–Kier alpha value is -1.93. The quantitative estimate of drug-likeness (QED) is 0.456. The van der Waals surface area contributed by atoms with Crippen molar-refractivity contribution in [1.82, 2.24) is 9.80 Å². The summed E-state index contributed by atoms with van der Waals surface area (Å²) in [6, 6.07) is -0.719. The van der Waals surface area contributed by atoms with Gasteiger partial charge in [0.25, 0.3) is 0 Å². The van der Waals surface area contributed by atoms with E-state index in [1.54, 1.807) is 13.0 Å². The molecule has 5 atom stereocenters. The van der Waals surface area contributed by atoms with Gasteiger partial charge >= 0.3 is 5.97 Å². The van der Waals surface area contributed by atoms with E-state index >= 15 is 0 Å². The predicted molar refractivity (Wildman–Crippen MR) is 112 cm³/mol. The van der Waals surface area contributed by atoms with Gasteiger partial charge in [-0.3, -0.25) is 14.4 Å². The summed E-state index contributed by atoms with van der Waals surface area (Å²) in [6.45, 7) is 6.00. The Morgan fingerprint density at radius 1 is 1.32 bits per heavy atom. The zero-order valence-electron chi connectivity index (χ0n) is 18.3. The molecule has 4 rings (SSSR count). The van der Waals surface area contributed by atoms with Crippen molar-refractivity contribution < 1.29 is 29.0 Å². The van der Waals surface area contributed by atoms with Crippen molar-refractivity contribution >= 4 is 17.8 Å². The molecular formula is C23H34N2O6. The van der Waals surface area contributed by atoms with Crippen LogP contribution in [0.2, 0.25) is 0 Å². The molecule has 1 saturated carbocycles. The number of hydrogen-bond donors (Lipinski definition) is 1. The molecule has 3 aliphatic heterocycles. The van der Waals surface area contributed by atoms with Crippen LogP contribution in [0.15, 0.2) is 12.7 Å². The van der Waals surface area contributed by atoms with Gasteiger partial charge in [0, 0.05) is 19.1 Å². The lowest BCUT2D eigenvalue weighted by atomic mass is 9.70. The zero-order valence-corrected chi connectivity index (χ0v) is 18.3. The van der Waals surface area contributed by atoms with Crippen molar-refractivity contribution in [3.05, 3.63) is 12.7 Å². The van der Waals surface area contributed by atoms with Gasteiger partial charge in [0.15, 0.2) is 0 Å². The van der Waals surface area contributed by atoms with Crippen LogP contribution >= 0.6 is 0 Å². The Bertz CT molecular complexity index is 736. The maximum absolute atomic E-state index is 14.0. The highest BCUT2D eigenvalue weighted by atomic mass is 16.6. The molecule has 0 radical (unpaired) electrons. The molecule has 8 heteroatoms. The van der Waals surface area contributed by atoms with Crippen molar-refractivity contribution in [2.24, 2.45) is 11.8 Å². The van der Waals surface area contributed by atoms with Crippen LogP contribution in [-0.2, 0) is 23.9 Å². The highest BCUT2D eigenvalue weighted by molar-refractivity contribution is 5.98. The van der Waals surface area contributed by atoms with E-state index in [1.807, 2.05) is 4.90 Å². The number of rotatable bonds is 8. The van der Waals surface area contributed by atoms with E-state index in [2.05, 4.69) is 6.58 Å². The zero-order chi connectivity index (χ0) is 22.2. The Labute approximate surface area is 183 Å². The van der Waals surface area contributed by atoms with Gasteiger partial charge < -0.3 is 24.4 Å². The van der Waals surface area contributed by atoms with E-state index in [1.165, 1.54) is 11.3 Å². The third kappa shape index (κ3) is 3.48. The van der Waals surface area contributed by atoms with Crippen LogP contribution in [0.25, 0.3) is 0 Å². The summed E-state index contributed by atoms with van der Waals surface area (Å²) in [5, 5.41) is 9.66. The molecule has 31 heavy (non-hydrogen) atoms. The van der Waals surface area contributed by atoms with E-state index in [0.29, 0.717) is 19.4 Å². The van der Waals surface area contributed by atoms with Gasteiger partial charge in [0.1, 0.15) is 11.6 Å². The highest BCUT2D eigenvalue weighted by Crippen LogP contribution is 2.58. The number of amides is 2. The van der Waals surface area contributed by atoms with Crippen LogP contribution in [-0.4, -0.2) is 82.8 Å². The summed E-state index contributed by atoms with van der Waals surface area (Å²) in [6.07, 6.45) is 7.69. The second-order valence-corrected chi connectivity index (χ2v) is 9.13. The molecule has 1 aliphatic carbocycles. The number of ether oxygens (including phenoxy) is 2. The van der Waals surface area contributed by atoms with Crippen LogP contribution < -0.4 is 0 Å². The van der Waals surface area contributed by atoms with E-state index in [-0.39, 0.29) is 37.6 Å². The first kappa shape index (κ1) is 22.3. The van der Waals surface area contributed by atoms with Crippen LogP contribution in [0.5, 0.6) is 0 Å². The number of likely N-dealkylation sites (tertiary alicyclic amines) is 1. The van der Waals surface area contributed by atoms with Crippen molar-refractivity contribution in [2.45, 2.75) is 75.7 Å². The maximum atomic E-state index is 14.0. The van der Waals surface area contributed by atoms with Crippen molar-refractivity contribution in [3.8, 4) is 0 Å². The molecule has 1 N–H and O–H groups in total. The minimum atomic E-state index is -1.03. The maximum Gasteiger partial charge on any atom is 0.312 e. The van der Waals surface area contributed by atoms with Crippen LogP contribution in [0.3, 0.4) is 0 Å². The smallest absolute Gasteiger partial charge is 0.312 e. The SMILES string of the molecule is C=CCN(C(=O)[C@H]1N(CCO)C(=O)[C@@H]2[C@@H](C(=O)OCC)[C@H]3CC[C@]21O3)C1CCCCC1. The third-order valence-electron chi connectivity index (χ3n) is 7.56. The van der Waals surface area contributed by atoms with Crippen LogP contribution in [0.1, 0.15) is 51.9 Å². The van der Waals surface area contributed by atoms with Crippen molar-refractivity contribution in [3.63, 3.8) is 0 Å². The molecule has 0 aromatic carbocycles. The summed E-state index contributed by atoms with van der Waals surface area (Å²) in [7, 11) is 0. The molecule has 3 saturated heterocycles. The Morgan fingerprint density at radius 2 is 2.06 bits per heavy atom. The number of aliphatic hydroxyl groups is 1. The first-order valence-corrected chi connectivity index (χ1v) is 11.7. The number of β-amino-alcohol motifs (C(OH)–C–C–N with tert-alkyl or cyclic N) is 1. The molecule has 1 spiro atoms. The molecule has 2 bridgehead atoms. The molecule has 172 valence electrons. The predicted octanol–water partition coefficient (Wildman–Crippen LogP) is 1.26. The standard InChI is InChI=1S/C23H34N2O6/c1-3-12-24(15-8-6-5-7-9-15)21(28)19-23-11-10-16(31-23)17(22(29)30-4-2)18(23)20(27)25(19)13-14-26/h3,15-19,26H,1,4-14H2,2H3/t16-,17+,18+,19-,23+/m1/s1. The molecule has 0 unspecified atom stereocenters. The molecular weight excluding hydrogens is 400 g/mol. The van der Waals surface area contributed by atoms with E-state index in [4.69, 9.17) is 9.47 Å². The molecule has 8 nitrogen and oxygen atoms in total. The van der Waals surface area contributed by atoms with Gasteiger partial charge in [-0.05, 0) is 32.6 Å². The highest BCUT2D eigenvalue weighted by Gasteiger charge is 2.75. The van der Waals surface area contributed by atoms with E-state index in [0.717, 1.165) is 25.7 Å². The second kappa shape index (κ2) is 8.90. The molecule has 4 fully saturated rings. The van der Waals surface area contributed by atoms with Gasteiger partial charge in [-0.2, -0.15) is 0 Å². The molecule has 0 aromatic heterocycles. The van der Waals surface area contributed by atoms with Crippen LogP contribution in [0, 0.1) is 11.8 Å². The Balaban J connectivity index is 1.69. The van der Waals surface area contributed by atoms with Gasteiger partial charge in [-0.15, -0.1) is 6.58 Å². The lowest BCUT2D eigenvalue weighted by Crippen LogP contribution is -2.58. The number of hydrogen-bond acceptors (Lipinski definition) is 6. The minimum Gasteiger partial charge on any atom is -0.466 e. The van der Waals surface area contributed by atoms with Crippen molar-refractivity contribution in [2.75, 3.05) is 26.3 Å². The number of nitrogens with zero attached hydrogens (tertiary/aromatic N) is 2. The second-order valence-electron chi connectivity index (χ2n) is 9.13. The average molecular weight is 435 g/mol. The fourth-order valence-electron chi connectivity index (χ4n) is 6.39. The molecule has 0 aromatic rings. The molecule has 2 amide bonds. The summed E-state index contributed by atoms with van der Waals surface area (Å²) < 4.78 is 11.6. The largest absolute Gasteiger partial charge is 0.466 e. The average Bonchev–Trinajstić information content (AvgIpc) is 3.40. The van der Waals surface area contributed by atoms with Crippen molar-refractivity contribution in [1.29, 1.82) is 0 Å². The monoisotopic (exact) mass is 434 g/mol. The summed E-state index contributed by atoms with van der Waals surface area (Å²) >= 11 is 0. The first-order valence-electron chi connectivity index (χ1n) is 11.7. The lowest BCUT2D eigenvalue weighted by Gasteiger charge is -2.40. The fourth-order valence-corrected chi connectivity index (χ4v) is 6.39. The molecule has 4 aliphatic rings. The summed E-state index contributed by atoms with van der Waals surface area (Å²) in [5.41, 5.74) is -1.03. The number of aliphatic hydroxyl groups excluding tert-OH is 1. The van der Waals surface area contributed by atoms with E-state index in [9.17, 15) is 19.5 Å². The fraction of sp³-hybridized carbons (Fsp3) is 0.783. The van der Waals surface area contributed by atoms with Gasteiger partial charge in [-0.25, -0.2) is 0 Å². The number of esters is 1. The van der Waals surface area contributed by atoms with E-state index < -0.39 is 35.6 Å². The normalized spacial score (nSPS) is 34.6. The minimum absolute atomic E-state index is 0.0453. The summed E-state index contributed by atoms with van der Waals surface area (Å²) in [5.74, 6) is -2.29. The lowest BCUT2D eigenvalue weighted by molar-refractivity contribution is -0.155. The topological polar surface area (TPSA) is 96.4 Å². The van der Waals surface area contributed by atoms with Gasteiger partial charge in [-0.1, -0.05) is 25.3 Å². The number of fused-ring (bicyclic) bond motifs is 1. The molecule has 3 heterocycles. The third-order valence-corrected chi connectivity index (χ3v) is 7.56.